The number of ether oxygens (including phenoxy) is 1. The molecule has 0 fully saturated rings. The second-order valence-electron chi connectivity index (χ2n) is 4.82. The van der Waals surface area contributed by atoms with Crippen molar-refractivity contribution in [3.63, 3.8) is 0 Å². The van der Waals surface area contributed by atoms with Crippen molar-refractivity contribution in [1.82, 2.24) is 4.98 Å². The lowest BCUT2D eigenvalue weighted by atomic mass is 10.1. The maximum atomic E-state index is 13.0. The zero-order valence-electron chi connectivity index (χ0n) is 12.3. The van der Waals surface area contributed by atoms with E-state index >= 15 is 0 Å². The average molecular weight is 332 g/mol. The fraction of sp³-hybridized carbons (Fsp3) is 0.250. The zero-order valence-corrected chi connectivity index (χ0v) is 13.1. The Balaban J connectivity index is 1.90. The van der Waals surface area contributed by atoms with Gasteiger partial charge in [-0.15, -0.1) is 11.3 Å². The zero-order chi connectivity index (χ0) is 16.8. The highest BCUT2D eigenvalue weighted by molar-refractivity contribution is 7.09. The van der Waals surface area contributed by atoms with E-state index in [0.717, 1.165) is 5.69 Å². The molecule has 2 rings (SSSR count). The van der Waals surface area contributed by atoms with Crippen molar-refractivity contribution in [2.24, 2.45) is 0 Å². The number of halogens is 1. The third-order valence-corrected chi connectivity index (χ3v) is 3.98. The number of carbonyl (C=O) groups is 2. The molecule has 0 aliphatic carbocycles. The van der Waals surface area contributed by atoms with Gasteiger partial charge in [-0.05, 0) is 24.6 Å². The van der Waals surface area contributed by atoms with Crippen molar-refractivity contribution < 1.29 is 18.7 Å². The normalized spacial score (nSPS) is 11.5. The summed E-state index contributed by atoms with van der Waals surface area (Å²) >= 11 is 1.21. The molecule has 0 aliphatic heterocycles. The van der Waals surface area contributed by atoms with Crippen LogP contribution in [0.5, 0.6) is 0 Å². The molecule has 0 aliphatic rings. The molecule has 5 nitrogen and oxygen atoms in total. The Hall–Kier alpha value is -2.59. The van der Waals surface area contributed by atoms with Crippen LogP contribution in [0, 0.1) is 24.1 Å². The summed E-state index contributed by atoms with van der Waals surface area (Å²) in [6.07, 6.45) is -0.140. The quantitative estimate of drug-likeness (QED) is 0.760. The van der Waals surface area contributed by atoms with Crippen LogP contribution in [0.3, 0.4) is 0 Å². The number of benzene rings is 1. The molecular formula is C16H13FN2O3S. The van der Waals surface area contributed by atoms with E-state index in [1.165, 1.54) is 29.5 Å². The Bertz CT molecular complexity index is 767. The number of nitrogens with zero attached hydrogens (tertiary/aromatic N) is 2. The molecule has 0 amide bonds. The van der Waals surface area contributed by atoms with Crippen LogP contribution in [0.1, 0.15) is 22.2 Å². The Morgan fingerprint density at radius 1 is 1.48 bits per heavy atom. The second kappa shape index (κ2) is 7.61. The molecule has 0 bridgehead atoms. The summed E-state index contributed by atoms with van der Waals surface area (Å²) in [7, 11) is 0. The summed E-state index contributed by atoms with van der Waals surface area (Å²) in [5.74, 6) is -2.68. The van der Waals surface area contributed by atoms with E-state index < -0.39 is 30.1 Å². The first-order valence-electron chi connectivity index (χ1n) is 6.74. The number of Topliss-reactive ketones (excluding diaryl/α,β-unsaturated/α-hetero) is 1. The number of rotatable bonds is 6. The highest BCUT2D eigenvalue weighted by Gasteiger charge is 2.24. The SMILES string of the molecule is Cc1csc([C@@H](C#N)C(=O)COC(=O)Cc2cccc(F)c2)n1. The van der Waals surface area contributed by atoms with Gasteiger partial charge in [0.15, 0.2) is 18.3 Å². The Morgan fingerprint density at radius 2 is 2.26 bits per heavy atom. The molecule has 0 unspecified atom stereocenters. The Labute approximate surface area is 136 Å². The van der Waals surface area contributed by atoms with E-state index in [0.29, 0.717) is 10.6 Å². The van der Waals surface area contributed by atoms with Gasteiger partial charge in [-0.25, -0.2) is 9.37 Å². The van der Waals surface area contributed by atoms with Crippen molar-refractivity contribution >= 4 is 23.1 Å². The minimum atomic E-state index is -1.05. The summed E-state index contributed by atoms with van der Waals surface area (Å²) in [6.45, 7) is 1.25. The number of aryl methyl sites for hydroxylation is 1. The number of hydrogen-bond acceptors (Lipinski definition) is 6. The lowest BCUT2D eigenvalue weighted by Crippen LogP contribution is -2.20. The molecule has 0 N–H and O–H groups in total. The first kappa shape index (κ1) is 16.8. The topological polar surface area (TPSA) is 80.0 Å². The van der Waals surface area contributed by atoms with E-state index in [9.17, 15) is 14.0 Å². The highest BCUT2D eigenvalue weighted by Crippen LogP contribution is 2.20. The standard InChI is InChI=1S/C16H13FN2O3S/c1-10-9-23-16(19-10)13(7-18)14(20)8-22-15(21)6-11-3-2-4-12(17)5-11/h2-5,9,13H,6,8H2,1H3/t13-/m0/s1. The molecule has 1 atom stereocenters. The van der Waals surface area contributed by atoms with Crippen LogP contribution in [0.2, 0.25) is 0 Å². The van der Waals surface area contributed by atoms with Gasteiger partial charge < -0.3 is 4.74 Å². The maximum absolute atomic E-state index is 13.0. The number of carbonyl (C=O) groups excluding carboxylic acids is 2. The van der Waals surface area contributed by atoms with Crippen LogP contribution >= 0.6 is 11.3 Å². The highest BCUT2D eigenvalue weighted by atomic mass is 32.1. The molecule has 0 saturated carbocycles. The minimum Gasteiger partial charge on any atom is -0.457 e. The van der Waals surface area contributed by atoms with Crippen molar-refractivity contribution in [2.75, 3.05) is 6.61 Å². The predicted molar refractivity (Wildman–Crippen MR) is 81.3 cm³/mol. The van der Waals surface area contributed by atoms with Gasteiger partial charge in [0.1, 0.15) is 10.8 Å². The van der Waals surface area contributed by atoms with Gasteiger partial charge in [0, 0.05) is 11.1 Å². The number of ketones is 1. The van der Waals surface area contributed by atoms with E-state index in [1.54, 1.807) is 18.4 Å². The van der Waals surface area contributed by atoms with Gasteiger partial charge >= 0.3 is 5.97 Å². The first-order chi connectivity index (χ1) is 11.0. The summed E-state index contributed by atoms with van der Waals surface area (Å²) in [6, 6.07) is 7.43. The van der Waals surface area contributed by atoms with Crippen molar-refractivity contribution in [2.45, 2.75) is 19.3 Å². The largest absolute Gasteiger partial charge is 0.457 e. The second-order valence-corrected chi connectivity index (χ2v) is 5.71. The lowest BCUT2D eigenvalue weighted by Gasteiger charge is -2.07. The van der Waals surface area contributed by atoms with Crippen molar-refractivity contribution in [1.29, 1.82) is 5.26 Å². The first-order valence-corrected chi connectivity index (χ1v) is 7.62. The fourth-order valence-electron chi connectivity index (χ4n) is 1.87. The number of aromatic nitrogens is 1. The Morgan fingerprint density at radius 3 is 2.87 bits per heavy atom. The molecule has 1 aromatic heterocycles. The lowest BCUT2D eigenvalue weighted by molar-refractivity contribution is -0.147. The molecule has 0 radical (unpaired) electrons. The van der Waals surface area contributed by atoms with Gasteiger partial charge in [-0.3, -0.25) is 9.59 Å². The number of hydrogen-bond donors (Lipinski definition) is 0. The van der Waals surface area contributed by atoms with E-state index in [-0.39, 0.29) is 6.42 Å². The van der Waals surface area contributed by atoms with Gasteiger partial charge in [0.05, 0.1) is 12.5 Å². The molecule has 23 heavy (non-hydrogen) atoms. The van der Waals surface area contributed by atoms with Crippen LogP contribution in [0.25, 0.3) is 0 Å². The summed E-state index contributed by atoms with van der Waals surface area (Å²) in [5, 5.41) is 11.2. The van der Waals surface area contributed by atoms with E-state index in [4.69, 9.17) is 10.00 Å². The molecule has 0 spiro atoms. The molecule has 2 aromatic rings. The smallest absolute Gasteiger partial charge is 0.310 e. The van der Waals surface area contributed by atoms with E-state index in [1.807, 2.05) is 6.07 Å². The molecule has 1 aromatic carbocycles. The minimum absolute atomic E-state index is 0.140. The van der Waals surface area contributed by atoms with Crippen LogP contribution in [0.4, 0.5) is 4.39 Å². The van der Waals surface area contributed by atoms with Crippen LogP contribution in [0.15, 0.2) is 29.6 Å². The molecular weight excluding hydrogens is 319 g/mol. The van der Waals surface area contributed by atoms with Crippen molar-refractivity contribution in [3.05, 3.63) is 51.7 Å². The number of esters is 1. The van der Waals surface area contributed by atoms with Crippen molar-refractivity contribution in [3.8, 4) is 6.07 Å². The molecule has 1 heterocycles. The summed E-state index contributed by atoms with van der Waals surface area (Å²) in [5.41, 5.74) is 1.18. The Kier molecular flexibility index (Phi) is 5.55. The summed E-state index contributed by atoms with van der Waals surface area (Å²) < 4.78 is 17.9. The third kappa shape index (κ3) is 4.69. The van der Waals surface area contributed by atoms with Crippen LogP contribution < -0.4 is 0 Å². The van der Waals surface area contributed by atoms with Gasteiger partial charge in [-0.2, -0.15) is 5.26 Å². The number of nitriles is 1. The van der Waals surface area contributed by atoms with Gasteiger partial charge in [0.2, 0.25) is 0 Å². The molecule has 0 saturated heterocycles. The summed E-state index contributed by atoms with van der Waals surface area (Å²) in [4.78, 5) is 27.8. The molecule has 7 heteroatoms. The van der Waals surface area contributed by atoms with Crippen LogP contribution in [-0.4, -0.2) is 23.3 Å². The number of thiazole rings is 1. The average Bonchev–Trinajstić information content (AvgIpc) is 2.92. The predicted octanol–water partition coefficient (Wildman–Crippen LogP) is 2.55. The van der Waals surface area contributed by atoms with E-state index in [2.05, 4.69) is 4.98 Å². The monoisotopic (exact) mass is 332 g/mol. The maximum Gasteiger partial charge on any atom is 0.310 e. The van der Waals surface area contributed by atoms with Gasteiger partial charge in [-0.1, -0.05) is 12.1 Å². The fourth-order valence-corrected chi connectivity index (χ4v) is 2.73. The third-order valence-electron chi connectivity index (χ3n) is 2.95. The van der Waals surface area contributed by atoms with Gasteiger partial charge in [0.25, 0.3) is 0 Å². The van der Waals surface area contributed by atoms with Crippen LogP contribution in [-0.2, 0) is 20.7 Å². The molecule has 118 valence electrons.